The van der Waals surface area contributed by atoms with Crippen molar-refractivity contribution in [2.45, 2.75) is 13.0 Å². The maximum atomic E-state index is 11.9. The lowest BCUT2D eigenvalue weighted by Gasteiger charge is -2.30. The van der Waals surface area contributed by atoms with Crippen LogP contribution in [0.4, 0.5) is 5.69 Å². The molecule has 1 saturated heterocycles. The zero-order chi connectivity index (χ0) is 13.8. The van der Waals surface area contributed by atoms with Crippen LogP contribution in [-0.4, -0.2) is 42.4 Å². The van der Waals surface area contributed by atoms with Gasteiger partial charge in [0.25, 0.3) is 0 Å². The Morgan fingerprint density at radius 3 is 3.00 bits per heavy atom. The van der Waals surface area contributed by atoms with Gasteiger partial charge < -0.3 is 15.5 Å². The predicted octanol–water partition coefficient (Wildman–Crippen LogP) is 1.21. The maximum Gasteiger partial charge on any atom is 0.244 e. The molecule has 6 heteroatoms. The molecule has 1 aliphatic rings. The molecular weight excluding hydrogens is 310 g/mol. The molecule has 1 unspecified atom stereocenters. The van der Waals surface area contributed by atoms with Crippen LogP contribution in [0.5, 0.6) is 0 Å². The molecule has 19 heavy (non-hydrogen) atoms. The number of para-hydroxylation sites is 1. The van der Waals surface area contributed by atoms with Crippen molar-refractivity contribution < 1.29 is 9.59 Å². The number of hydrogen-bond acceptors (Lipinski definition) is 3. The van der Waals surface area contributed by atoms with E-state index >= 15 is 0 Å². The van der Waals surface area contributed by atoms with Gasteiger partial charge in [-0.2, -0.15) is 0 Å². The fourth-order valence-corrected chi connectivity index (χ4v) is 2.35. The quantitative estimate of drug-likeness (QED) is 0.878. The molecule has 0 bridgehead atoms. The highest BCUT2D eigenvalue weighted by Gasteiger charge is 2.26. The summed E-state index contributed by atoms with van der Waals surface area (Å²) in [7, 11) is 0. The third kappa shape index (κ3) is 3.54. The van der Waals surface area contributed by atoms with E-state index in [1.165, 1.54) is 0 Å². The summed E-state index contributed by atoms with van der Waals surface area (Å²) in [5, 5.41) is 5.86. The average molecular weight is 326 g/mol. The van der Waals surface area contributed by atoms with Crippen LogP contribution in [0.25, 0.3) is 0 Å². The van der Waals surface area contributed by atoms with Crippen molar-refractivity contribution in [1.82, 2.24) is 10.2 Å². The number of carbonyl (C=O) groups is 2. The van der Waals surface area contributed by atoms with Crippen molar-refractivity contribution >= 4 is 33.4 Å². The molecule has 1 aromatic carbocycles. The fraction of sp³-hybridized carbons (Fsp3) is 0.385. The van der Waals surface area contributed by atoms with Crippen LogP contribution in [-0.2, 0) is 9.59 Å². The van der Waals surface area contributed by atoms with Gasteiger partial charge in [0, 0.05) is 17.6 Å². The highest BCUT2D eigenvalue weighted by Crippen LogP contribution is 2.21. The fourth-order valence-electron chi connectivity index (χ4n) is 1.97. The molecule has 2 rings (SSSR count). The van der Waals surface area contributed by atoms with Crippen molar-refractivity contribution in [3.8, 4) is 0 Å². The summed E-state index contributed by atoms with van der Waals surface area (Å²) in [6.45, 7) is 3.17. The lowest BCUT2D eigenvalue weighted by molar-refractivity contribution is -0.138. The van der Waals surface area contributed by atoms with Crippen LogP contribution < -0.4 is 10.6 Å². The topological polar surface area (TPSA) is 61.4 Å². The highest BCUT2D eigenvalue weighted by atomic mass is 79.9. The zero-order valence-corrected chi connectivity index (χ0v) is 12.2. The van der Waals surface area contributed by atoms with E-state index in [-0.39, 0.29) is 24.4 Å². The molecule has 1 aliphatic heterocycles. The summed E-state index contributed by atoms with van der Waals surface area (Å²) in [6, 6.07) is 7.17. The Hall–Kier alpha value is -1.40. The Labute approximate surface area is 120 Å². The summed E-state index contributed by atoms with van der Waals surface area (Å²) in [6.07, 6.45) is 0. The van der Waals surface area contributed by atoms with Crippen LogP contribution in [0.2, 0.25) is 0 Å². The van der Waals surface area contributed by atoms with Gasteiger partial charge in [-0.25, -0.2) is 0 Å². The monoisotopic (exact) mass is 325 g/mol. The van der Waals surface area contributed by atoms with E-state index in [9.17, 15) is 9.59 Å². The average Bonchev–Trinajstić information content (AvgIpc) is 2.38. The lowest BCUT2D eigenvalue weighted by atomic mass is 10.2. The Morgan fingerprint density at radius 1 is 1.53 bits per heavy atom. The molecule has 0 spiro atoms. The molecular formula is C13H16BrN3O2. The summed E-state index contributed by atoms with van der Waals surface area (Å²) < 4.78 is 0.823. The van der Waals surface area contributed by atoms with E-state index in [0.29, 0.717) is 12.2 Å². The van der Waals surface area contributed by atoms with Gasteiger partial charge in [0.15, 0.2) is 0 Å². The molecule has 0 aliphatic carbocycles. The molecule has 0 radical (unpaired) electrons. The molecule has 1 aromatic rings. The number of halogens is 1. The number of hydrogen-bond donors (Lipinski definition) is 2. The second-order valence-electron chi connectivity index (χ2n) is 4.46. The molecule has 0 saturated carbocycles. The van der Waals surface area contributed by atoms with Crippen molar-refractivity contribution in [1.29, 1.82) is 0 Å². The number of nitrogens with zero attached hydrogens (tertiary/aromatic N) is 1. The molecule has 1 atom stereocenters. The van der Waals surface area contributed by atoms with Crippen LogP contribution in [0.1, 0.15) is 6.92 Å². The van der Waals surface area contributed by atoms with Crippen LogP contribution >= 0.6 is 15.9 Å². The first-order valence-electron chi connectivity index (χ1n) is 6.14. The SMILES string of the molecule is CC1NCCN(CC(=O)Nc2ccccc2Br)C1=O. The Balaban J connectivity index is 1.94. The van der Waals surface area contributed by atoms with Crippen molar-refractivity contribution in [2.75, 3.05) is 25.0 Å². The van der Waals surface area contributed by atoms with Gasteiger partial charge in [0.05, 0.1) is 18.3 Å². The zero-order valence-electron chi connectivity index (χ0n) is 10.6. The Bertz CT molecular complexity index is 493. The van der Waals surface area contributed by atoms with Gasteiger partial charge in [-0.15, -0.1) is 0 Å². The van der Waals surface area contributed by atoms with E-state index in [1.54, 1.807) is 11.8 Å². The van der Waals surface area contributed by atoms with Gasteiger partial charge in [0.1, 0.15) is 0 Å². The van der Waals surface area contributed by atoms with E-state index in [2.05, 4.69) is 26.6 Å². The van der Waals surface area contributed by atoms with Crippen molar-refractivity contribution in [3.05, 3.63) is 28.7 Å². The first-order valence-corrected chi connectivity index (χ1v) is 6.94. The number of piperazine rings is 1. The minimum absolute atomic E-state index is 0.0338. The normalized spacial score (nSPS) is 19.4. The number of rotatable bonds is 3. The molecule has 2 amide bonds. The summed E-state index contributed by atoms with van der Waals surface area (Å²) >= 11 is 3.37. The van der Waals surface area contributed by atoms with Gasteiger partial charge in [0.2, 0.25) is 11.8 Å². The third-order valence-corrected chi connectivity index (χ3v) is 3.69. The summed E-state index contributed by atoms with van der Waals surface area (Å²) in [4.78, 5) is 25.4. The molecule has 1 fully saturated rings. The van der Waals surface area contributed by atoms with Crippen LogP contribution in [0.3, 0.4) is 0 Å². The van der Waals surface area contributed by atoms with Crippen LogP contribution in [0.15, 0.2) is 28.7 Å². The lowest BCUT2D eigenvalue weighted by Crippen LogP contribution is -2.55. The van der Waals surface area contributed by atoms with Gasteiger partial charge >= 0.3 is 0 Å². The number of benzene rings is 1. The minimum atomic E-state index is -0.218. The predicted molar refractivity (Wildman–Crippen MR) is 76.8 cm³/mol. The smallest absolute Gasteiger partial charge is 0.244 e. The highest BCUT2D eigenvalue weighted by molar-refractivity contribution is 9.10. The van der Waals surface area contributed by atoms with Crippen molar-refractivity contribution in [2.24, 2.45) is 0 Å². The number of anilines is 1. The Morgan fingerprint density at radius 2 is 2.26 bits per heavy atom. The van der Waals surface area contributed by atoms with Gasteiger partial charge in [-0.05, 0) is 35.0 Å². The minimum Gasteiger partial charge on any atom is -0.331 e. The first-order chi connectivity index (χ1) is 9.08. The van der Waals surface area contributed by atoms with Crippen molar-refractivity contribution in [3.63, 3.8) is 0 Å². The maximum absolute atomic E-state index is 11.9. The number of carbonyl (C=O) groups excluding carboxylic acids is 2. The summed E-state index contributed by atoms with van der Waals surface area (Å²) in [5.74, 6) is -0.220. The number of amides is 2. The molecule has 5 nitrogen and oxygen atoms in total. The van der Waals surface area contributed by atoms with Gasteiger partial charge in [-0.1, -0.05) is 12.1 Å². The largest absolute Gasteiger partial charge is 0.331 e. The standard InChI is InChI=1S/C13H16BrN3O2/c1-9-13(19)17(7-6-15-9)8-12(18)16-11-5-3-2-4-10(11)14/h2-5,9,15H,6-8H2,1H3,(H,16,18). The van der Waals surface area contributed by atoms with Crippen LogP contribution in [0, 0.1) is 0 Å². The third-order valence-electron chi connectivity index (χ3n) is 3.00. The number of nitrogens with one attached hydrogen (secondary N) is 2. The molecule has 0 aromatic heterocycles. The van der Waals surface area contributed by atoms with Gasteiger partial charge in [-0.3, -0.25) is 9.59 Å². The first kappa shape index (κ1) is 14.0. The second-order valence-corrected chi connectivity index (χ2v) is 5.32. The summed E-state index contributed by atoms with van der Waals surface area (Å²) in [5.41, 5.74) is 0.711. The van der Waals surface area contributed by atoms with E-state index in [4.69, 9.17) is 0 Å². The van der Waals surface area contributed by atoms with E-state index in [1.807, 2.05) is 24.3 Å². The second kappa shape index (κ2) is 6.16. The molecule has 102 valence electrons. The molecule has 2 N–H and O–H groups in total. The van der Waals surface area contributed by atoms with E-state index in [0.717, 1.165) is 11.0 Å². The van der Waals surface area contributed by atoms with E-state index < -0.39 is 0 Å². The molecule has 1 heterocycles. The Kier molecular flexibility index (Phi) is 4.55.